The van der Waals surface area contributed by atoms with Gasteiger partial charge in [-0.2, -0.15) is 5.26 Å². The summed E-state index contributed by atoms with van der Waals surface area (Å²) in [6.07, 6.45) is 6.47. The fourth-order valence-electron chi connectivity index (χ4n) is 2.55. The lowest BCUT2D eigenvalue weighted by Gasteiger charge is -2.32. The van der Waals surface area contributed by atoms with Crippen LogP contribution >= 0.6 is 0 Å². The highest BCUT2D eigenvalue weighted by Gasteiger charge is 2.19. The Balaban J connectivity index is 2.20. The molecular weight excluding hydrogens is 210 g/mol. The summed E-state index contributed by atoms with van der Waals surface area (Å²) in [7, 11) is 2.10. The first kappa shape index (κ1) is 11.9. The molecule has 0 bridgehead atoms. The van der Waals surface area contributed by atoms with Crippen LogP contribution in [0.5, 0.6) is 0 Å². The molecule has 3 nitrogen and oxygen atoms in total. The van der Waals surface area contributed by atoms with Crippen molar-refractivity contribution < 1.29 is 0 Å². The van der Waals surface area contributed by atoms with E-state index in [9.17, 15) is 0 Å². The van der Waals surface area contributed by atoms with E-state index in [-0.39, 0.29) is 0 Å². The molecule has 0 saturated heterocycles. The van der Waals surface area contributed by atoms with E-state index in [2.05, 4.69) is 23.0 Å². The van der Waals surface area contributed by atoms with Gasteiger partial charge >= 0.3 is 0 Å². The second kappa shape index (κ2) is 5.18. The molecule has 90 valence electrons. The number of hydrogen-bond acceptors (Lipinski definition) is 3. The van der Waals surface area contributed by atoms with Crippen LogP contribution in [-0.4, -0.2) is 18.1 Å². The molecule has 1 fully saturated rings. The van der Waals surface area contributed by atoms with Gasteiger partial charge < -0.3 is 4.90 Å². The van der Waals surface area contributed by atoms with Crippen LogP contribution in [0.3, 0.4) is 0 Å². The Morgan fingerprint density at radius 3 is 2.65 bits per heavy atom. The molecule has 1 aromatic rings. The monoisotopic (exact) mass is 229 g/mol. The van der Waals surface area contributed by atoms with E-state index in [0.29, 0.717) is 11.6 Å². The smallest absolute Gasteiger partial charge is 0.130 e. The number of aryl methyl sites for hydroxylation is 1. The Morgan fingerprint density at radius 1 is 1.29 bits per heavy atom. The lowest BCUT2D eigenvalue weighted by atomic mass is 9.94. The first-order valence-corrected chi connectivity index (χ1v) is 6.32. The van der Waals surface area contributed by atoms with Crippen molar-refractivity contribution in [2.75, 3.05) is 11.9 Å². The molecule has 0 unspecified atom stereocenters. The first-order chi connectivity index (χ1) is 8.20. The van der Waals surface area contributed by atoms with E-state index in [0.717, 1.165) is 11.5 Å². The van der Waals surface area contributed by atoms with Gasteiger partial charge in [0.2, 0.25) is 0 Å². The highest BCUT2D eigenvalue weighted by Crippen LogP contribution is 2.25. The largest absolute Gasteiger partial charge is 0.357 e. The second-order valence-corrected chi connectivity index (χ2v) is 4.87. The molecule has 3 heteroatoms. The van der Waals surface area contributed by atoms with Gasteiger partial charge in [0.15, 0.2) is 0 Å². The third-order valence-electron chi connectivity index (χ3n) is 3.55. The van der Waals surface area contributed by atoms with Crippen molar-refractivity contribution in [1.82, 2.24) is 4.98 Å². The summed E-state index contributed by atoms with van der Waals surface area (Å²) in [5.74, 6) is 0.938. The second-order valence-electron chi connectivity index (χ2n) is 4.87. The van der Waals surface area contributed by atoms with E-state index in [4.69, 9.17) is 5.26 Å². The van der Waals surface area contributed by atoms with E-state index >= 15 is 0 Å². The van der Waals surface area contributed by atoms with Gasteiger partial charge in [0.25, 0.3) is 0 Å². The average molecular weight is 229 g/mol. The van der Waals surface area contributed by atoms with Gasteiger partial charge in [-0.05, 0) is 31.9 Å². The van der Waals surface area contributed by atoms with Crippen LogP contribution in [0.25, 0.3) is 0 Å². The molecule has 0 aliphatic heterocycles. The number of pyridine rings is 1. The Labute approximate surface area is 103 Å². The van der Waals surface area contributed by atoms with Crippen molar-refractivity contribution >= 4 is 5.82 Å². The zero-order valence-electron chi connectivity index (χ0n) is 10.6. The van der Waals surface area contributed by atoms with Crippen molar-refractivity contribution in [3.63, 3.8) is 0 Å². The minimum absolute atomic E-state index is 0.588. The maximum absolute atomic E-state index is 8.98. The SMILES string of the molecule is Cc1cc(C#N)cc(N(C)C2CCCCC2)n1. The molecule has 1 saturated carbocycles. The van der Waals surface area contributed by atoms with Crippen molar-refractivity contribution in [2.24, 2.45) is 0 Å². The molecule has 2 rings (SSSR count). The number of aromatic nitrogens is 1. The standard InChI is InChI=1S/C14H19N3/c1-11-8-12(10-15)9-14(16-11)17(2)13-6-4-3-5-7-13/h8-9,13H,3-7H2,1-2H3. The highest BCUT2D eigenvalue weighted by molar-refractivity contribution is 5.46. The average Bonchev–Trinajstić information content (AvgIpc) is 2.38. The minimum Gasteiger partial charge on any atom is -0.357 e. The molecule has 0 N–H and O–H groups in total. The zero-order chi connectivity index (χ0) is 12.3. The van der Waals surface area contributed by atoms with Gasteiger partial charge in [0, 0.05) is 18.8 Å². The van der Waals surface area contributed by atoms with Crippen LogP contribution in [0.4, 0.5) is 5.82 Å². The quantitative estimate of drug-likeness (QED) is 0.782. The predicted molar refractivity (Wildman–Crippen MR) is 69.0 cm³/mol. The van der Waals surface area contributed by atoms with Crippen LogP contribution < -0.4 is 4.90 Å². The summed E-state index contributed by atoms with van der Waals surface area (Å²) in [4.78, 5) is 6.77. The molecule has 0 spiro atoms. The van der Waals surface area contributed by atoms with Gasteiger partial charge in [-0.15, -0.1) is 0 Å². The van der Waals surface area contributed by atoms with Crippen LogP contribution in [0.1, 0.15) is 43.4 Å². The summed E-state index contributed by atoms with van der Waals surface area (Å²) < 4.78 is 0. The Kier molecular flexibility index (Phi) is 3.63. The Hall–Kier alpha value is -1.56. The van der Waals surface area contributed by atoms with E-state index in [1.54, 1.807) is 0 Å². The number of hydrogen-bond donors (Lipinski definition) is 0. The zero-order valence-corrected chi connectivity index (χ0v) is 10.6. The van der Waals surface area contributed by atoms with Crippen LogP contribution in [-0.2, 0) is 0 Å². The summed E-state index contributed by atoms with van der Waals surface area (Å²) in [5, 5.41) is 8.98. The maximum Gasteiger partial charge on any atom is 0.130 e. The number of nitriles is 1. The van der Waals surface area contributed by atoms with Crippen LogP contribution in [0.2, 0.25) is 0 Å². The fourth-order valence-corrected chi connectivity index (χ4v) is 2.55. The van der Waals surface area contributed by atoms with Crippen molar-refractivity contribution in [1.29, 1.82) is 5.26 Å². The number of rotatable bonds is 2. The van der Waals surface area contributed by atoms with Crippen molar-refractivity contribution in [3.05, 3.63) is 23.4 Å². The third-order valence-corrected chi connectivity index (χ3v) is 3.55. The molecule has 17 heavy (non-hydrogen) atoms. The topological polar surface area (TPSA) is 39.9 Å². The molecule has 0 amide bonds. The highest BCUT2D eigenvalue weighted by atomic mass is 15.2. The molecule has 1 aromatic heterocycles. The molecule has 0 aromatic carbocycles. The molecule has 0 radical (unpaired) electrons. The van der Waals surface area contributed by atoms with Crippen LogP contribution in [0, 0.1) is 18.3 Å². The number of nitrogens with zero attached hydrogens (tertiary/aromatic N) is 3. The lowest BCUT2D eigenvalue weighted by Crippen LogP contribution is -2.34. The Bertz CT molecular complexity index is 428. The van der Waals surface area contributed by atoms with E-state index in [1.807, 2.05) is 19.1 Å². The van der Waals surface area contributed by atoms with Gasteiger partial charge in [-0.3, -0.25) is 0 Å². The summed E-state index contributed by atoms with van der Waals surface area (Å²) in [6.45, 7) is 1.94. The maximum atomic E-state index is 8.98. The molecular formula is C14H19N3. The fraction of sp³-hybridized carbons (Fsp3) is 0.571. The lowest BCUT2D eigenvalue weighted by molar-refractivity contribution is 0.426. The van der Waals surface area contributed by atoms with Crippen molar-refractivity contribution in [2.45, 2.75) is 45.1 Å². The van der Waals surface area contributed by atoms with Gasteiger partial charge in [-0.1, -0.05) is 19.3 Å². The summed E-state index contributed by atoms with van der Waals surface area (Å²) >= 11 is 0. The third kappa shape index (κ3) is 2.76. The molecule has 1 heterocycles. The van der Waals surface area contributed by atoms with E-state index in [1.165, 1.54) is 32.1 Å². The predicted octanol–water partition coefficient (Wildman–Crippen LogP) is 3.03. The minimum atomic E-state index is 0.588. The summed E-state index contributed by atoms with van der Waals surface area (Å²) in [5.41, 5.74) is 1.62. The Morgan fingerprint density at radius 2 is 2.00 bits per heavy atom. The van der Waals surface area contributed by atoms with E-state index < -0.39 is 0 Å². The molecule has 1 aliphatic rings. The van der Waals surface area contributed by atoms with Crippen molar-refractivity contribution in [3.8, 4) is 6.07 Å². The molecule has 1 aliphatic carbocycles. The number of anilines is 1. The van der Waals surface area contributed by atoms with Gasteiger partial charge in [0.05, 0.1) is 11.6 Å². The van der Waals surface area contributed by atoms with Gasteiger partial charge in [-0.25, -0.2) is 4.98 Å². The molecule has 0 atom stereocenters. The van der Waals surface area contributed by atoms with Gasteiger partial charge in [0.1, 0.15) is 5.82 Å². The first-order valence-electron chi connectivity index (χ1n) is 6.32. The van der Waals surface area contributed by atoms with Crippen LogP contribution in [0.15, 0.2) is 12.1 Å². The summed E-state index contributed by atoms with van der Waals surface area (Å²) in [6, 6.07) is 6.51. The normalized spacial score (nSPS) is 16.5.